The van der Waals surface area contributed by atoms with Crippen LogP contribution in [0.4, 0.5) is 0 Å². The van der Waals surface area contributed by atoms with Crippen LogP contribution in [0.1, 0.15) is 31.4 Å². The number of nitrogens with zero attached hydrogens (tertiary/aromatic N) is 2. The molecule has 0 aliphatic heterocycles. The van der Waals surface area contributed by atoms with Crippen LogP contribution < -0.4 is 4.72 Å². The molecule has 1 aliphatic rings. The average molecular weight is 295 g/mol. The highest BCUT2D eigenvalue weighted by Gasteiger charge is 2.44. The van der Waals surface area contributed by atoms with E-state index in [2.05, 4.69) is 9.71 Å². The molecule has 0 spiro atoms. The topological polar surface area (TPSA) is 120 Å². The average Bonchev–Trinajstić information content (AvgIpc) is 2.88. The van der Waals surface area contributed by atoms with E-state index in [1.807, 2.05) is 0 Å². The lowest BCUT2D eigenvalue weighted by atomic mass is 10.0. The summed E-state index contributed by atoms with van der Waals surface area (Å²) in [5.41, 5.74) is -1.34. The van der Waals surface area contributed by atoms with E-state index in [1.165, 1.54) is 12.1 Å². The van der Waals surface area contributed by atoms with Gasteiger partial charge < -0.3 is 5.11 Å². The van der Waals surface area contributed by atoms with Crippen molar-refractivity contribution in [1.82, 2.24) is 9.71 Å². The second-order valence-electron chi connectivity index (χ2n) is 4.69. The lowest BCUT2D eigenvalue weighted by Crippen LogP contribution is -2.52. The SMILES string of the molecule is N#Cc1ccc(S(=O)(=O)NC2(C(=O)O)CCCC2)cn1. The summed E-state index contributed by atoms with van der Waals surface area (Å²) in [5, 5.41) is 17.9. The van der Waals surface area contributed by atoms with Gasteiger partial charge in [0.15, 0.2) is 0 Å². The Labute approximate surface area is 116 Å². The molecule has 0 atom stereocenters. The minimum atomic E-state index is -3.97. The second kappa shape index (κ2) is 5.19. The Morgan fingerprint density at radius 3 is 2.50 bits per heavy atom. The fourth-order valence-corrected chi connectivity index (χ4v) is 3.62. The summed E-state index contributed by atoms with van der Waals surface area (Å²) in [6, 6.07) is 4.29. The minimum Gasteiger partial charge on any atom is -0.480 e. The molecule has 1 saturated carbocycles. The van der Waals surface area contributed by atoms with Gasteiger partial charge in [0.2, 0.25) is 10.0 Å². The molecule has 0 saturated heterocycles. The molecule has 1 aromatic heterocycles. The number of carboxylic acids is 1. The van der Waals surface area contributed by atoms with Gasteiger partial charge in [-0.2, -0.15) is 9.98 Å². The molecule has 20 heavy (non-hydrogen) atoms. The van der Waals surface area contributed by atoms with Crippen LogP contribution in [-0.4, -0.2) is 30.0 Å². The van der Waals surface area contributed by atoms with Gasteiger partial charge >= 0.3 is 5.97 Å². The highest BCUT2D eigenvalue weighted by Crippen LogP contribution is 2.31. The van der Waals surface area contributed by atoms with Crippen molar-refractivity contribution in [3.8, 4) is 6.07 Å². The van der Waals surface area contributed by atoms with Crippen molar-refractivity contribution < 1.29 is 18.3 Å². The fourth-order valence-electron chi connectivity index (χ4n) is 2.26. The van der Waals surface area contributed by atoms with Crippen LogP contribution in [0.5, 0.6) is 0 Å². The molecule has 2 N–H and O–H groups in total. The smallest absolute Gasteiger partial charge is 0.324 e. The first-order chi connectivity index (χ1) is 9.39. The number of nitrogens with one attached hydrogen (secondary N) is 1. The van der Waals surface area contributed by atoms with Crippen molar-refractivity contribution in [3.63, 3.8) is 0 Å². The van der Waals surface area contributed by atoms with Crippen LogP contribution in [0.25, 0.3) is 0 Å². The predicted molar refractivity (Wildman–Crippen MR) is 68.1 cm³/mol. The molecule has 0 aromatic carbocycles. The first kappa shape index (κ1) is 14.4. The van der Waals surface area contributed by atoms with E-state index in [9.17, 15) is 18.3 Å². The van der Waals surface area contributed by atoms with Gasteiger partial charge in [-0.15, -0.1) is 0 Å². The Bertz CT molecular complexity index is 655. The summed E-state index contributed by atoms with van der Waals surface area (Å²) >= 11 is 0. The number of aliphatic carboxylic acids is 1. The van der Waals surface area contributed by atoms with Gasteiger partial charge in [-0.05, 0) is 25.0 Å². The number of aromatic nitrogens is 1. The summed E-state index contributed by atoms with van der Waals surface area (Å²) < 4.78 is 26.7. The van der Waals surface area contributed by atoms with Gasteiger partial charge in [0.25, 0.3) is 0 Å². The third-order valence-electron chi connectivity index (χ3n) is 3.36. The van der Waals surface area contributed by atoms with E-state index in [0.29, 0.717) is 12.8 Å². The highest BCUT2D eigenvalue weighted by molar-refractivity contribution is 7.89. The molecule has 8 heteroatoms. The maximum absolute atomic E-state index is 12.2. The van der Waals surface area contributed by atoms with E-state index in [0.717, 1.165) is 6.20 Å². The van der Waals surface area contributed by atoms with E-state index in [1.54, 1.807) is 6.07 Å². The van der Waals surface area contributed by atoms with Crippen molar-refractivity contribution in [2.45, 2.75) is 36.1 Å². The van der Waals surface area contributed by atoms with Gasteiger partial charge in [0.1, 0.15) is 22.2 Å². The third kappa shape index (κ3) is 2.64. The van der Waals surface area contributed by atoms with Crippen molar-refractivity contribution in [1.29, 1.82) is 5.26 Å². The summed E-state index contributed by atoms with van der Waals surface area (Å²) in [7, 11) is -3.97. The number of sulfonamides is 1. The largest absolute Gasteiger partial charge is 0.480 e. The van der Waals surface area contributed by atoms with Crippen molar-refractivity contribution in [2.75, 3.05) is 0 Å². The van der Waals surface area contributed by atoms with Gasteiger partial charge in [0.05, 0.1) is 0 Å². The summed E-state index contributed by atoms with van der Waals surface area (Å²) in [5.74, 6) is -1.17. The molecule has 0 unspecified atom stereocenters. The Morgan fingerprint density at radius 2 is 2.05 bits per heavy atom. The third-order valence-corrected chi connectivity index (χ3v) is 4.88. The van der Waals surface area contributed by atoms with Gasteiger partial charge in [0, 0.05) is 6.20 Å². The van der Waals surface area contributed by atoms with E-state index in [4.69, 9.17) is 5.26 Å². The standard InChI is InChI=1S/C12H13N3O4S/c13-7-9-3-4-10(8-14-9)20(18,19)15-12(11(16)17)5-1-2-6-12/h3-4,8,15H,1-2,5-6H2,(H,16,17). The van der Waals surface area contributed by atoms with Crippen molar-refractivity contribution in [3.05, 3.63) is 24.0 Å². The van der Waals surface area contributed by atoms with Crippen molar-refractivity contribution >= 4 is 16.0 Å². The molecule has 7 nitrogen and oxygen atoms in total. The molecule has 1 fully saturated rings. The Hall–Kier alpha value is -1.98. The van der Waals surface area contributed by atoms with E-state index >= 15 is 0 Å². The molecular weight excluding hydrogens is 282 g/mol. The second-order valence-corrected chi connectivity index (χ2v) is 6.37. The Morgan fingerprint density at radius 1 is 1.40 bits per heavy atom. The first-order valence-corrected chi connectivity index (χ1v) is 7.51. The Kier molecular flexibility index (Phi) is 3.74. The normalized spacial score (nSPS) is 17.6. The number of carbonyl (C=O) groups is 1. The van der Waals surface area contributed by atoms with Crippen LogP contribution >= 0.6 is 0 Å². The Balaban J connectivity index is 2.30. The fraction of sp³-hybridized carbons (Fsp3) is 0.417. The molecule has 0 radical (unpaired) electrons. The molecule has 1 heterocycles. The number of hydrogen-bond donors (Lipinski definition) is 2. The lowest BCUT2D eigenvalue weighted by Gasteiger charge is -2.24. The summed E-state index contributed by atoms with van der Waals surface area (Å²) in [6.07, 6.45) is 2.92. The maximum Gasteiger partial charge on any atom is 0.324 e. The number of carboxylic acid groups (broad SMARTS) is 1. The molecule has 1 aliphatic carbocycles. The van der Waals surface area contributed by atoms with Crippen LogP contribution in [0.2, 0.25) is 0 Å². The zero-order valence-corrected chi connectivity index (χ0v) is 11.4. The zero-order valence-electron chi connectivity index (χ0n) is 10.5. The lowest BCUT2D eigenvalue weighted by molar-refractivity contribution is -0.143. The number of hydrogen-bond acceptors (Lipinski definition) is 5. The van der Waals surface area contributed by atoms with Crippen molar-refractivity contribution in [2.24, 2.45) is 0 Å². The predicted octanol–water partition coefficient (Wildman–Crippen LogP) is 0.629. The van der Waals surface area contributed by atoms with E-state index in [-0.39, 0.29) is 23.4 Å². The number of nitriles is 1. The molecule has 0 bridgehead atoms. The monoisotopic (exact) mass is 295 g/mol. The van der Waals surface area contributed by atoms with Crippen LogP contribution in [0.15, 0.2) is 23.2 Å². The van der Waals surface area contributed by atoms with Crippen LogP contribution in [-0.2, 0) is 14.8 Å². The van der Waals surface area contributed by atoms with Crippen LogP contribution in [0, 0.1) is 11.3 Å². The quantitative estimate of drug-likeness (QED) is 0.840. The maximum atomic E-state index is 12.2. The van der Waals surface area contributed by atoms with Gasteiger partial charge in [-0.3, -0.25) is 4.79 Å². The highest BCUT2D eigenvalue weighted by atomic mass is 32.2. The number of pyridine rings is 1. The summed E-state index contributed by atoms with van der Waals surface area (Å²) in [4.78, 5) is 14.9. The summed E-state index contributed by atoms with van der Waals surface area (Å²) in [6.45, 7) is 0. The zero-order chi connectivity index (χ0) is 14.8. The molecular formula is C12H13N3O4S. The van der Waals surface area contributed by atoms with E-state index < -0.39 is 21.5 Å². The van der Waals surface area contributed by atoms with Gasteiger partial charge in [-0.1, -0.05) is 12.8 Å². The molecule has 106 valence electrons. The molecule has 0 amide bonds. The minimum absolute atomic E-state index is 0.0952. The molecule has 2 rings (SSSR count). The number of rotatable bonds is 4. The van der Waals surface area contributed by atoms with Gasteiger partial charge in [-0.25, -0.2) is 13.4 Å². The van der Waals surface area contributed by atoms with Crippen LogP contribution in [0.3, 0.4) is 0 Å². The first-order valence-electron chi connectivity index (χ1n) is 6.03. The molecule has 1 aromatic rings.